The minimum absolute atomic E-state index is 0.149. The van der Waals surface area contributed by atoms with E-state index >= 15 is 0 Å². The number of ether oxygens (including phenoxy) is 1. The molecule has 1 saturated heterocycles. The molecule has 0 radical (unpaired) electrons. The molecule has 0 bridgehead atoms. The third-order valence-corrected chi connectivity index (χ3v) is 9.67. The van der Waals surface area contributed by atoms with Crippen LogP contribution in [0, 0.1) is 0 Å². The molecule has 0 saturated carbocycles. The van der Waals surface area contributed by atoms with Crippen molar-refractivity contribution in [3.63, 3.8) is 0 Å². The Labute approximate surface area is 291 Å². The molecule has 5 N–H and O–H groups in total. The van der Waals surface area contributed by atoms with Gasteiger partial charge in [-0.1, -0.05) is 149 Å². The second-order valence-corrected chi connectivity index (χ2v) is 14.0. The van der Waals surface area contributed by atoms with Crippen LogP contribution in [0.2, 0.25) is 0 Å². The van der Waals surface area contributed by atoms with Gasteiger partial charge < -0.3 is 35.4 Å². The van der Waals surface area contributed by atoms with Gasteiger partial charge in [-0.05, 0) is 12.8 Å². The Kier molecular flexibility index (Phi) is 26.8. The first-order valence-corrected chi connectivity index (χ1v) is 19.7. The predicted molar refractivity (Wildman–Crippen MR) is 190 cm³/mol. The number of amides is 2. The van der Waals surface area contributed by atoms with Crippen molar-refractivity contribution in [3.05, 3.63) is 0 Å². The molecule has 10 heteroatoms. The highest BCUT2D eigenvalue weighted by atomic mass is 16.5. The fourth-order valence-electron chi connectivity index (χ4n) is 6.60. The first-order valence-electron chi connectivity index (χ1n) is 19.7. The van der Waals surface area contributed by atoms with Gasteiger partial charge in [-0.2, -0.15) is 0 Å². The fourth-order valence-corrected chi connectivity index (χ4v) is 6.60. The number of carboxylic acids is 1. The van der Waals surface area contributed by atoms with Gasteiger partial charge >= 0.3 is 5.97 Å². The number of hydrogen-bond acceptors (Lipinski definition) is 7. The molecule has 1 fully saturated rings. The minimum atomic E-state index is -1.51. The number of carbonyl (C=O) groups is 3. The van der Waals surface area contributed by atoms with Crippen molar-refractivity contribution in [1.82, 2.24) is 10.2 Å². The summed E-state index contributed by atoms with van der Waals surface area (Å²) in [5.74, 6) is -1.89. The number of carbonyl (C=O) groups excluding carboxylic acids is 2. The normalized spacial score (nSPS) is 20.9. The van der Waals surface area contributed by atoms with Crippen LogP contribution < -0.4 is 5.32 Å². The smallest absolute Gasteiger partial charge is 0.303 e. The number of nitrogens with zero attached hydrogens (tertiary/aromatic N) is 1. The monoisotopic (exact) mass is 685 g/mol. The van der Waals surface area contributed by atoms with E-state index < -0.39 is 49.1 Å². The average Bonchev–Trinajstić information content (AvgIpc) is 3.07. The van der Waals surface area contributed by atoms with E-state index in [1.807, 2.05) is 0 Å². The van der Waals surface area contributed by atoms with Crippen LogP contribution in [-0.4, -0.2) is 86.8 Å². The first-order chi connectivity index (χ1) is 23.3. The van der Waals surface area contributed by atoms with Crippen molar-refractivity contribution in [3.8, 4) is 0 Å². The number of rotatable bonds is 31. The third-order valence-electron chi connectivity index (χ3n) is 9.67. The summed E-state index contributed by atoms with van der Waals surface area (Å²) in [4.78, 5) is 38.9. The molecule has 0 aromatic carbocycles. The summed E-state index contributed by atoms with van der Waals surface area (Å²) in [5.41, 5.74) is 0. The van der Waals surface area contributed by atoms with Gasteiger partial charge in [-0.15, -0.1) is 0 Å². The Hall–Kier alpha value is -1.75. The Bertz CT molecular complexity index is 829. The lowest BCUT2D eigenvalue weighted by Crippen LogP contribution is -2.68. The summed E-state index contributed by atoms with van der Waals surface area (Å²) in [6.45, 7) is 4.26. The van der Waals surface area contributed by atoms with E-state index in [4.69, 9.17) is 9.84 Å². The zero-order valence-electron chi connectivity index (χ0n) is 30.6. The molecule has 0 aromatic heterocycles. The van der Waals surface area contributed by atoms with Crippen LogP contribution >= 0.6 is 0 Å². The van der Waals surface area contributed by atoms with Crippen molar-refractivity contribution in [2.45, 2.75) is 211 Å². The van der Waals surface area contributed by atoms with Crippen LogP contribution in [0.25, 0.3) is 0 Å². The standard InChI is InChI=1S/C38H72N2O8/c1-3-5-7-9-11-13-15-17-19-21-23-25-29-40(33(43)26-24-22-20-18-16-14-12-10-8-6-4-2)38-35(39-32(42)27-28-34(44)45)37(47)36(46)31(30-41)48-38/h31,35-38,41,46-47H,3-30H2,1-2H3,(H,39,42)(H,44,45)/t31-,35+,36+,37-,38-/m1/s1. The van der Waals surface area contributed by atoms with Gasteiger partial charge in [0.25, 0.3) is 0 Å². The summed E-state index contributed by atoms with van der Waals surface area (Å²) in [7, 11) is 0. The maximum Gasteiger partial charge on any atom is 0.303 e. The number of aliphatic carboxylic acids is 1. The number of aliphatic hydroxyl groups is 3. The highest BCUT2D eigenvalue weighted by molar-refractivity contribution is 5.81. The van der Waals surface area contributed by atoms with E-state index in [2.05, 4.69) is 19.2 Å². The highest BCUT2D eigenvalue weighted by Crippen LogP contribution is 2.26. The summed E-state index contributed by atoms with van der Waals surface area (Å²) in [5, 5.41) is 43.1. The minimum Gasteiger partial charge on any atom is -0.481 e. The average molecular weight is 685 g/mol. The Morgan fingerprint density at radius 3 is 1.48 bits per heavy atom. The fraction of sp³-hybridized carbons (Fsp3) is 0.921. The number of aliphatic hydroxyl groups excluding tert-OH is 3. The van der Waals surface area contributed by atoms with Crippen LogP contribution in [-0.2, 0) is 19.1 Å². The number of nitrogens with one attached hydrogen (secondary N) is 1. The number of unbranched alkanes of at least 4 members (excludes halogenated alkanes) is 21. The molecular formula is C38H72N2O8. The largest absolute Gasteiger partial charge is 0.481 e. The second-order valence-electron chi connectivity index (χ2n) is 14.0. The van der Waals surface area contributed by atoms with E-state index in [1.54, 1.807) is 4.90 Å². The van der Waals surface area contributed by atoms with Crippen molar-refractivity contribution >= 4 is 17.8 Å². The lowest BCUT2D eigenvalue weighted by Gasteiger charge is -2.47. The maximum absolute atomic E-state index is 13.7. The summed E-state index contributed by atoms with van der Waals surface area (Å²) in [6, 6.07) is -1.16. The number of carboxylic acid groups (broad SMARTS) is 1. The molecule has 10 nitrogen and oxygen atoms in total. The van der Waals surface area contributed by atoms with Crippen molar-refractivity contribution in [1.29, 1.82) is 0 Å². The summed E-state index contributed by atoms with van der Waals surface area (Å²) >= 11 is 0. The molecule has 5 atom stereocenters. The van der Waals surface area contributed by atoms with Gasteiger partial charge in [0, 0.05) is 19.4 Å². The zero-order chi connectivity index (χ0) is 35.4. The molecule has 2 amide bonds. The van der Waals surface area contributed by atoms with Gasteiger partial charge in [0.2, 0.25) is 11.8 Å². The zero-order valence-corrected chi connectivity index (χ0v) is 30.6. The molecular weight excluding hydrogens is 612 g/mol. The maximum atomic E-state index is 13.7. The van der Waals surface area contributed by atoms with Gasteiger partial charge in [-0.25, -0.2) is 0 Å². The quantitative estimate of drug-likeness (QED) is 0.0489. The molecule has 0 spiro atoms. The van der Waals surface area contributed by atoms with Crippen molar-refractivity contribution in [2.75, 3.05) is 13.2 Å². The van der Waals surface area contributed by atoms with Gasteiger partial charge in [0.05, 0.1) is 13.0 Å². The summed E-state index contributed by atoms with van der Waals surface area (Å²) < 4.78 is 6.02. The molecule has 1 aliphatic rings. The van der Waals surface area contributed by atoms with Gasteiger partial charge in [0.1, 0.15) is 24.4 Å². The van der Waals surface area contributed by atoms with Gasteiger partial charge in [-0.3, -0.25) is 14.4 Å². The third kappa shape index (κ3) is 20.1. The van der Waals surface area contributed by atoms with Crippen LogP contribution in [0.4, 0.5) is 0 Å². The lowest BCUT2D eigenvalue weighted by molar-refractivity contribution is -0.231. The molecule has 0 unspecified atom stereocenters. The molecule has 1 heterocycles. The predicted octanol–water partition coefficient (Wildman–Crippen LogP) is 7.01. The van der Waals surface area contributed by atoms with E-state index in [9.17, 15) is 29.7 Å². The second kappa shape index (κ2) is 29.0. The topological polar surface area (TPSA) is 157 Å². The van der Waals surface area contributed by atoms with E-state index in [0.29, 0.717) is 13.0 Å². The van der Waals surface area contributed by atoms with E-state index in [0.717, 1.165) is 51.4 Å². The summed E-state index contributed by atoms with van der Waals surface area (Å²) in [6.07, 6.45) is 21.4. The van der Waals surface area contributed by atoms with E-state index in [1.165, 1.54) is 96.3 Å². The van der Waals surface area contributed by atoms with Gasteiger partial charge in [0.15, 0.2) is 6.23 Å². The lowest BCUT2D eigenvalue weighted by atomic mass is 9.94. The molecule has 48 heavy (non-hydrogen) atoms. The Morgan fingerprint density at radius 2 is 1.04 bits per heavy atom. The molecule has 282 valence electrons. The first kappa shape index (κ1) is 44.3. The van der Waals surface area contributed by atoms with Crippen LogP contribution in [0.5, 0.6) is 0 Å². The SMILES string of the molecule is CCCCCCCCCCCCCCN(C(=O)CCCCCCCCCCCCC)[C@@H]1O[C@H](CO)[C@H](O)[C@H](O)[C@@H]1NC(=O)CCC(=O)O. The van der Waals surface area contributed by atoms with E-state index in [-0.39, 0.29) is 18.7 Å². The molecule has 0 aromatic rings. The highest BCUT2D eigenvalue weighted by Gasteiger charge is 2.48. The molecule has 1 rings (SSSR count). The van der Waals surface area contributed by atoms with Crippen LogP contribution in [0.3, 0.4) is 0 Å². The Morgan fingerprint density at radius 1 is 0.604 bits per heavy atom. The van der Waals surface area contributed by atoms with Crippen LogP contribution in [0.15, 0.2) is 0 Å². The number of hydrogen-bond donors (Lipinski definition) is 5. The van der Waals surface area contributed by atoms with Crippen LogP contribution in [0.1, 0.15) is 181 Å². The van der Waals surface area contributed by atoms with Crippen molar-refractivity contribution in [2.24, 2.45) is 0 Å². The Balaban J connectivity index is 2.75. The molecule has 1 aliphatic heterocycles. The molecule has 0 aliphatic carbocycles. The van der Waals surface area contributed by atoms with Crippen molar-refractivity contribution < 1.29 is 39.5 Å².